The van der Waals surface area contributed by atoms with Crippen molar-refractivity contribution in [3.8, 4) is 0 Å². The lowest BCUT2D eigenvalue weighted by Crippen LogP contribution is -2.53. The Hall–Kier alpha value is -0.700. The van der Waals surface area contributed by atoms with Gasteiger partial charge in [-0.3, -0.25) is 9.69 Å². The number of carbonyl (C=O) groups is 1. The van der Waals surface area contributed by atoms with Gasteiger partial charge in [0.1, 0.15) is 0 Å². The molecule has 134 valence electrons. The molecule has 2 saturated heterocycles. The standard InChI is InChI=1S/C15H29N3O4S/c1-3-14(19)12-16-7-9-17(10-8-16)15(20)13-5-4-6-18(11-13)23(2,21)22/h13-14,19H,3-12H2,1-2H3/t13-,14+/m1/s1. The topological polar surface area (TPSA) is 81.2 Å². The predicted octanol–water partition coefficient (Wildman–Crippen LogP) is -0.427. The number of nitrogens with zero attached hydrogens (tertiary/aromatic N) is 3. The molecule has 2 atom stereocenters. The van der Waals surface area contributed by atoms with Crippen LogP contribution in [-0.4, -0.2) is 91.7 Å². The molecule has 1 N–H and O–H groups in total. The van der Waals surface area contributed by atoms with Crippen LogP contribution >= 0.6 is 0 Å². The van der Waals surface area contributed by atoms with Crippen molar-refractivity contribution < 1.29 is 18.3 Å². The Kier molecular flexibility index (Phi) is 6.41. The smallest absolute Gasteiger partial charge is 0.227 e. The van der Waals surface area contributed by atoms with Gasteiger partial charge in [0.2, 0.25) is 15.9 Å². The summed E-state index contributed by atoms with van der Waals surface area (Å²) in [7, 11) is -3.22. The molecule has 2 heterocycles. The highest BCUT2D eigenvalue weighted by atomic mass is 32.2. The van der Waals surface area contributed by atoms with Crippen LogP contribution in [-0.2, 0) is 14.8 Å². The average molecular weight is 347 g/mol. The number of amides is 1. The van der Waals surface area contributed by atoms with E-state index in [9.17, 15) is 18.3 Å². The van der Waals surface area contributed by atoms with Gasteiger partial charge in [0, 0.05) is 45.8 Å². The first-order valence-electron chi connectivity index (χ1n) is 8.45. The third-order valence-corrected chi connectivity index (χ3v) is 6.10. The number of hydrogen-bond donors (Lipinski definition) is 1. The van der Waals surface area contributed by atoms with E-state index in [2.05, 4.69) is 4.90 Å². The van der Waals surface area contributed by atoms with Crippen LogP contribution < -0.4 is 0 Å². The second-order valence-electron chi connectivity index (χ2n) is 6.65. The molecule has 0 unspecified atom stereocenters. The van der Waals surface area contributed by atoms with E-state index in [1.54, 1.807) is 0 Å². The maximum atomic E-state index is 12.6. The summed E-state index contributed by atoms with van der Waals surface area (Å²) < 4.78 is 24.8. The fraction of sp³-hybridized carbons (Fsp3) is 0.933. The third kappa shape index (κ3) is 5.14. The van der Waals surface area contributed by atoms with E-state index < -0.39 is 10.0 Å². The van der Waals surface area contributed by atoms with Crippen LogP contribution in [0.15, 0.2) is 0 Å². The van der Waals surface area contributed by atoms with Crippen molar-refractivity contribution in [1.82, 2.24) is 14.1 Å². The van der Waals surface area contributed by atoms with Crippen molar-refractivity contribution in [3.05, 3.63) is 0 Å². The summed E-state index contributed by atoms with van der Waals surface area (Å²) in [5.74, 6) is -0.139. The number of sulfonamides is 1. The first kappa shape index (κ1) is 18.6. The molecule has 0 aromatic heterocycles. The maximum Gasteiger partial charge on any atom is 0.227 e. The van der Waals surface area contributed by atoms with Gasteiger partial charge >= 0.3 is 0 Å². The lowest BCUT2D eigenvalue weighted by Gasteiger charge is -2.39. The molecule has 0 radical (unpaired) electrons. The summed E-state index contributed by atoms with van der Waals surface area (Å²) in [5, 5.41) is 9.71. The van der Waals surface area contributed by atoms with E-state index in [-0.39, 0.29) is 17.9 Å². The highest BCUT2D eigenvalue weighted by Gasteiger charge is 2.33. The van der Waals surface area contributed by atoms with Gasteiger partial charge in [-0.2, -0.15) is 0 Å². The van der Waals surface area contributed by atoms with Gasteiger partial charge in [-0.05, 0) is 19.3 Å². The first-order chi connectivity index (χ1) is 10.8. The minimum atomic E-state index is -3.22. The first-order valence-corrected chi connectivity index (χ1v) is 10.3. The Morgan fingerprint density at radius 3 is 2.43 bits per heavy atom. The Morgan fingerprint density at radius 2 is 1.87 bits per heavy atom. The zero-order chi connectivity index (χ0) is 17.0. The summed E-state index contributed by atoms with van der Waals surface area (Å²) in [5.41, 5.74) is 0. The summed E-state index contributed by atoms with van der Waals surface area (Å²) in [6, 6.07) is 0. The second-order valence-corrected chi connectivity index (χ2v) is 8.63. The SMILES string of the molecule is CC[C@H](O)CN1CCN(C(=O)[C@@H]2CCCN(S(C)(=O)=O)C2)CC1. The summed E-state index contributed by atoms with van der Waals surface area (Å²) in [6.45, 7) is 6.30. The van der Waals surface area contributed by atoms with Crippen molar-refractivity contribution >= 4 is 15.9 Å². The number of rotatable bonds is 5. The Bertz CT molecular complexity index is 503. The molecule has 23 heavy (non-hydrogen) atoms. The number of carbonyl (C=O) groups excluding carboxylic acids is 1. The van der Waals surface area contributed by atoms with E-state index >= 15 is 0 Å². The molecular weight excluding hydrogens is 318 g/mol. The highest BCUT2D eigenvalue weighted by molar-refractivity contribution is 7.88. The Labute approximate surface area is 139 Å². The van der Waals surface area contributed by atoms with Gasteiger partial charge in [0.25, 0.3) is 0 Å². The zero-order valence-corrected chi connectivity index (χ0v) is 15.0. The van der Waals surface area contributed by atoms with Gasteiger partial charge in [-0.15, -0.1) is 0 Å². The molecule has 0 spiro atoms. The molecule has 8 heteroatoms. The fourth-order valence-corrected chi connectivity index (χ4v) is 4.19. The predicted molar refractivity (Wildman–Crippen MR) is 88.5 cm³/mol. The number of β-amino-alcohol motifs (C(OH)–C–C–N with tert-alkyl or cyclic N) is 1. The number of aliphatic hydroxyl groups is 1. The molecule has 2 rings (SSSR count). The Balaban J connectivity index is 1.85. The minimum Gasteiger partial charge on any atom is -0.392 e. The van der Waals surface area contributed by atoms with E-state index in [0.29, 0.717) is 32.7 Å². The molecular formula is C15H29N3O4S. The monoisotopic (exact) mass is 347 g/mol. The Morgan fingerprint density at radius 1 is 1.22 bits per heavy atom. The van der Waals surface area contributed by atoms with Crippen LogP contribution in [0.2, 0.25) is 0 Å². The number of piperazine rings is 1. The zero-order valence-electron chi connectivity index (χ0n) is 14.1. The molecule has 0 aromatic carbocycles. The van der Waals surface area contributed by atoms with Crippen molar-refractivity contribution in [3.63, 3.8) is 0 Å². The van der Waals surface area contributed by atoms with Gasteiger partial charge < -0.3 is 10.0 Å². The molecule has 0 bridgehead atoms. The van der Waals surface area contributed by atoms with Crippen LogP contribution in [0.4, 0.5) is 0 Å². The van der Waals surface area contributed by atoms with Gasteiger partial charge in [-0.25, -0.2) is 12.7 Å². The molecule has 1 amide bonds. The molecule has 0 saturated carbocycles. The van der Waals surface area contributed by atoms with Crippen molar-refractivity contribution in [2.75, 3.05) is 52.1 Å². The summed E-state index contributed by atoms with van der Waals surface area (Å²) in [6.07, 6.45) is 3.14. The van der Waals surface area contributed by atoms with E-state index in [1.165, 1.54) is 10.6 Å². The quantitative estimate of drug-likeness (QED) is 0.730. The summed E-state index contributed by atoms with van der Waals surface area (Å²) >= 11 is 0. The van der Waals surface area contributed by atoms with E-state index in [1.807, 2.05) is 11.8 Å². The van der Waals surface area contributed by atoms with Crippen LogP contribution in [0.25, 0.3) is 0 Å². The molecule has 0 aromatic rings. The number of hydrogen-bond acceptors (Lipinski definition) is 5. The van der Waals surface area contributed by atoms with Gasteiger partial charge in [0.05, 0.1) is 18.3 Å². The third-order valence-electron chi connectivity index (χ3n) is 4.83. The molecule has 2 aliphatic heterocycles. The molecule has 2 fully saturated rings. The lowest BCUT2D eigenvalue weighted by molar-refractivity contribution is -0.138. The molecule has 0 aliphatic carbocycles. The van der Waals surface area contributed by atoms with E-state index in [0.717, 1.165) is 32.4 Å². The fourth-order valence-electron chi connectivity index (χ4n) is 3.28. The minimum absolute atomic E-state index is 0.0778. The summed E-state index contributed by atoms with van der Waals surface area (Å²) in [4.78, 5) is 16.7. The van der Waals surface area contributed by atoms with Crippen LogP contribution in [0, 0.1) is 5.92 Å². The lowest BCUT2D eigenvalue weighted by atomic mass is 9.97. The second kappa shape index (κ2) is 7.92. The van der Waals surface area contributed by atoms with Crippen LogP contribution in [0.3, 0.4) is 0 Å². The maximum absolute atomic E-state index is 12.6. The van der Waals surface area contributed by atoms with Crippen molar-refractivity contribution in [1.29, 1.82) is 0 Å². The van der Waals surface area contributed by atoms with Gasteiger partial charge in [-0.1, -0.05) is 6.92 Å². The largest absolute Gasteiger partial charge is 0.392 e. The molecule has 2 aliphatic rings. The van der Waals surface area contributed by atoms with Crippen LogP contribution in [0.5, 0.6) is 0 Å². The normalized spacial score (nSPS) is 26.2. The van der Waals surface area contributed by atoms with Gasteiger partial charge in [0.15, 0.2) is 0 Å². The number of piperidine rings is 1. The van der Waals surface area contributed by atoms with Crippen molar-refractivity contribution in [2.45, 2.75) is 32.3 Å². The van der Waals surface area contributed by atoms with E-state index in [4.69, 9.17) is 0 Å². The average Bonchev–Trinajstić information content (AvgIpc) is 2.54. The van der Waals surface area contributed by atoms with Crippen molar-refractivity contribution in [2.24, 2.45) is 5.92 Å². The molecule has 7 nitrogen and oxygen atoms in total. The highest BCUT2D eigenvalue weighted by Crippen LogP contribution is 2.21. The van der Waals surface area contributed by atoms with Crippen LogP contribution in [0.1, 0.15) is 26.2 Å². The number of aliphatic hydroxyl groups excluding tert-OH is 1.